The summed E-state index contributed by atoms with van der Waals surface area (Å²) in [5.74, 6) is -0.806. The Bertz CT molecular complexity index is 609. The van der Waals surface area contributed by atoms with Crippen LogP contribution in [0.4, 0.5) is 4.79 Å². The van der Waals surface area contributed by atoms with Gasteiger partial charge in [-0.15, -0.1) is 4.31 Å². The Hall–Kier alpha value is -1.89. The summed E-state index contributed by atoms with van der Waals surface area (Å²) in [7, 11) is -4.05. The molecule has 96 valence electrons. The minimum Gasteiger partial charge on any atom is -0.337 e. The maximum absolute atomic E-state index is 12.0. The van der Waals surface area contributed by atoms with Gasteiger partial charge in [0.15, 0.2) is 0 Å². The average Bonchev–Trinajstić information content (AvgIpc) is 2.55. The molecule has 0 fully saturated rings. The van der Waals surface area contributed by atoms with Crippen molar-refractivity contribution in [3.05, 3.63) is 29.8 Å². The topological polar surface area (TPSA) is 83.6 Å². The van der Waals surface area contributed by atoms with Gasteiger partial charge in [-0.05, 0) is 18.6 Å². The predicted octanol–water partition coefficient (Wildman–Crippen LogP) is 0.951. The molecule has 0 saturated carbocycles. The van der Waals surface area contributed by atoms with Crippen molar-refractivity contribution in [3.8, 4) is 0 Å². The standard InChI is InChI=1S/C11H12N2O4S/c1-2-7-12-11(15)13-10(14)8-5-3-4-6-9(8)18(13,16)17/h3-6H,2,7H2,1H3,(H,12,15). The van der Waals surface area contributed by atoms with E-state index in [4.69, 9.17) is 0 Å². The second kappa shape index (κ2) is 4.41. The van der Waals surface area contributed by atoms with Crippen LogP contribution in [0.1, 0.15) is 23.7 Å². The Labute approximate surface area is 105 Å². The first-order chi connectivity index (χ1) is 8.50. The van der Waals surface area contributed by atoms with Crippen LogP contribution in [0, 0.1) is 0 Å². The van der Waals surface area contributed by atoms with Crippen LogP contribution >= 0.6 is 0 Å². The van der Waals surface area contributed by atoms with Gasteiger partial charge in [0.1, 0.15) is 4.90 Å². The quantitative estimate of drug-likeness (QED) is 0.865. The van der Waals surface area contributed by atoms with Crippen molar-refractivity contribution in [3.63, 3.8) is 0 Å². The number of nitrogens with zero attached hydrogens (tertiary/aromatic N) is 1. The number of carbonyl (C=O) groups is 2. The van der Waals surface area contributed by atoms with Gasteiger partial charge < -0.3 is 5.32 Å². The third-order valence-electron chi connectivity index (χ3n) is 2.53. The Morgan fingerprint density at radius 2 is 2.00 bits per heavy atom. The average molecular weight is 268 g/mol. The van der Waals surface area contributed by atoms with E-state index in [-0.39, 0.29) is 14.8 Å². The van der Waals surface area contributed by atoms with E-state index < -0.39 is 22.0 Å². The van der Waals surface area contributed by atoms with Gasteiger partial charge in [-0.2, -0.15) is 0 Å². The molecule has 7 heteroatoms. The molecule has 0 unspecified atom stereocenters. The van der Waals surface area contributed by atoms with Crippen molar-refractivity contribution in [2.45, 2.75) is 18.2 Å². The van der Waals surface area contributed by atoms with Gasteiger partial charge in [0.05, 0.1) is 5.56 Å². The predicted molar refractivity (Wildman–Crippen MR) is 63.5 cm³/mol. The lowest BCUT2D eigenvalue weighted by Crippen LogP contribution is -2.43. The molecule has 3 amide bonds. The third-order valence-corrected chi connectivity index (χ3v) is 4.26. The van der Waals surface area contributed by atoms with E-state index in [1.54, 1.807) is 6.07 Å². The number of imide groups is 1. The van der Waals surface area contributed by atoms with E-state index in [2.05, 4.69) is 5.32 Å². The maximum Gasteiger partial charge on any atom is 0.338 e. The van der Waals surface area contributed by atoms with Crippen molar-refractivity contribution in [1.29, 1.82) is 0 Å². The van der Waals surface area contributed by atoms with Crippen LogP contribution in [0.15, 0.2) is 29.2 Å². The Morgan fingerprint density at radius 3 is 2.61 bits per heavy atom. The van der Waals surface area contributed by atoms with E-state index in [1.165, 1.54) is 18.2 Å². The van der Waals surface area contributed by atoms with Crippen LogP contribution in [0.3, 0.4) is 0 Å². The van der Waals surface area contributed by atoms with Crippen LogP contribution in [-0.2, 0) is 10.0 Å². The SMILES string of the molecule is CCCNC(=O)N1C(=O)c2ccccc2S1(=O)=O. The number of nitrogens with one attached hydrogen (secondary N) is 1. The zero-order valence-corrected chi connectivity index (χ0v) is 10.5. The zero-order valence-electron chi connectivity index (χ0n) is 9.71. The van der Waals surface area contributed by atoms with Crippen molar-refractivity contribution < 1.29 is 18.0 Å². The molecule has 1 aliphatic rings. The number of hydrogen-bond acceptors (Lipinski definition) is 4. The fourth-order valence-corrected chi connectivity index (χ4v) is 3.17. The van der Waals surface area contributed by atoms with Crippen molar-refractivity contribution in [2.75, 3.05) is 6.54 Å². The van der Waals surface area contributed by atoms with E-state index in [1.807, 2.05) is 6.92 Å². The molecule has 0 spiro atoms. The van der Waals surface area contributed by atoms with Crippen molar-refractivity contribution in [1.82, 2.24) is 9.62 Å². The lowest BCUT2D eigenvalue weighted by Gasteiger charge is -2.13. The molecular weight excluding hydrogens is 256 g/mol. The molecule has 2 rings (SSSR count). The maximum atomic E-state index is 12.0. The Morgan fingerprint density at radius 1 is 1.33 bits per heavy atom. The fraction of sp³-hybridized carbons (Fsp3) is 0.273. The normalized spacial score (nSPS) is 16.5. The van der Waals surface area contributed by atoms with E-state index in [0.717, 1.165) is 0 Å². The number of amides is 3. The molecule has 1 heterocycles. The van der Waals surface area contributed by atoms with Gasteiger partial charge in [0.25, 0.3) is 15.9 Å². The number of urea groups is 1. The van der Waals surface area contributed by atoms with Crippen molar-refractivity contribution in [2.24, 2.45) is 0 Å². The molecule has 1 aliphatic heterocycles. The Balaban J connectivity index is 2.42. The summed E-state index contributed by atoms with van der Waals surface area (Å²) in [4.78, 5) is 23.5. The highest BCUT2D eigenvalue weighted by Gasteiger charge is 2.44. The van der Waals surface area contributed by atoms with Crippen molar-refractivity contribution >= 4 is 22.0 Å². The summed E-state index contributed by atoms with van der Waals surface area (Å²) in [6.07, 6.45) is 0.654. The minimum atomic E-state index is -4.05. The summed E-state index contributed by atoms with van der Waals surface area (Å²) in [6.45, 7) is 2.14. The van der Waals surface area contributed by atoms with Gasteiger partial charge >= 0.3 is 6.03 Å². The molecule has 1 aromatic rings. The molecule has 18 heavy (non-hydrogen) atoms. The number of sulfonamides is 1. The highest BCUT2D eigenvalue weighted by Crippen LogP contribution is 2.29. The van der Waals surface area contributed by atoms with E-state index in [0.29, 0.717) is 13.0 Å². The molecular formula is C11H12N2O4S. The largest absolute Gasteiger partial charge is 0.338 e. The third kappa shape index (κ3) is 1.76. The lowest BCUT2D eigenvalue weighted by molar-refractivity contribution is 0.0894. The second-order valence-electron chi connectivity index (χ2n) is 3.80. The first-order valence-electron chi connectivity index (χ1n) is 5.46. The number of benzene rings is 1. The molecule has 0 saturated heterocycles. The molecule has 0 aromatic heterocycles. The number of hydrogen-bond donors (Lipinski definition) is 1. The molecule has 1 aromatic carbocycles. The monoisotopic (exact) mass is 268 g/mol. The first kappa shape index (κ1) is 12.6. The number of rotatable bonds is 2. The summed E-state index contributed by atoms with van der Waals surface area (Å²) in [6, 6.07) is 4.87. The van der Waals surface area contributed by atoms with Crippen LogP contribution in [0.5, 0.6) is 0 Å². The second-order valence-corrected chi connectivity index (χ2v) is 5.56. The van der Waals surface area contributed by atoms with Gasteiger partial charge in [0, 0.05) is 6.54 Å². The molecule has 6 nitrogen and oxygen atoms in total. The number of fused-ring (bicyclic) bond motifs is 1. The molecule has 0 aliphatic carbocycles. The summed E-state index contributed by atoms with van der Waals surface area (Å²) < 4.78 is 24.4. The summed E-state index contributed by atoms with van der Waals surface area (Å²) >= 11 is 0. The van der Waals surface area contributed by atoms with E-state index in [9.17, 15) is 18.0 Å². The highest BCUT2D eigenvalue weighted by molar-refractivity contribution is 7.90. The molecule has 1 N–H and O–H groups in total. The smallest absolute Gasteiger partial charge is 0.337 e. The molecule has 0 radical (unpaired) electrons. The lowest BCUT2D eigenvalue weighted by atomic mass is 10.2. The minimum absolute atomic E-state index is 0.0316. The highest BCUT2D eigenvalue weighted by atomic mass is 32.2. The first-order valence-corrected chi connectivity index (χ1v) is 6.90. The Kier molecular flexibility index (Phi) is 3.08. The van der Waals surface area contributed by atoms with Crippen LogP contribution in [0.25, 0.3) is 0 Å². The zero-order chi connectivity index (χ0) is 13.3. The molecule has 0 atom stereocenters. The van der Waals surface area contributed by atoms with Gasteiger partial charge in [-0.3, -0.25) is 4.79 Å². The summed E-state index contributed by atoms with van der Waals surface area (Å²) in [5, 5.41) is 2.38. The van der Waals surface area contributed by atoms with E-state index >= 15 is 0 Å². The number of carbonyl (C=O) groups excluding carboxylic acids is 2. The summed E-state index contributed by atoms with van der Waals surface area (Å²) in [5.41, 5.74) is 0.0316. The van der Waals surface area contributed by atoms with Gasteiger partial charge in [-0.1, -0.05) is 19.1 Å². The van der Waals surface area contributed by atoms with Crippen LogP contribution < -0.4 is 5.32 Å². The van der Waals surface area contributed by atoms with Gasteiger partial charge in [0.2, 0.25) is 0 Å². The van der Waals surface area contributed by atoms with Crippen LogP contribution in [0.2, 0.25) is 0 Å². The van der Waals surface area contributed by atoms with Crippen LogP contribution in [-0.4, -0.2) is 31.2 Å². The molecule has 0 bridgehead atoms. The van der Waals surface area contributed by atoms with Gasteiger partial charge in [-0.25, -0.2) is 13.2 Å². The fourth-order valence-electron chi connectivity index (χ4n) is 1.69.